The van der Waals surface area contributed by atoms with Gasteiger partial charge in [0.2, 0.25) is 5.91 Å². The van der Waals surface area contributed by atoms with Crippen molar-refractivity contribution in [1.82, 2.24) is 5.32 Å². The number of carboxylic acids is 1. The topological polar surface area (TPSA) is 66.4 Å². The summed E-state index contributed by atoms with van der Waals surface area (Å²) in [7, 11) is 1.53. The van der Waals surface area contributed by atoms with Crippen molar-refractivity contribution >= 4 is 23.5 Å². The normalized spacial score (nSPS) is 11.9. The Hall–Kier alpha value is -1.55. The molecule has 4 nitrogen and oxygen atoms in total. The van der Waals surface area contributed by atoms with Gasteiger partial charge in [0.25, 0.3) is 0 Å². The number of carbonyl (C=O) groups is 2. The molecule has 18 heavy (non-hydrogen) atoms. The number of halogens is 1. The number of amides is 1. The summed E-state index contributed by atoms with van der Waals surface area (Å²) < 4.78 is 0. The van der Waals surface area contributed by atoms with Crippen LogP contribution in [0.4, 0.5) is 0 Å². The predicted octanol–water partition coefficient (Wildman–Crippen LogP) is 2.34. The summed E-state index contributed by atoms with van der Waals surface area (Å²) in [5, 5.41) is 12.0. The van der Waals surface area contributed by atoms with Gasteiger partial charge in [-0.25, -0.2) is 0 Å². The van der Waals surface area contributed by atoms with Crippen LogP contribution in [0.2, 0.25) is 5.02 Å². The number of aryl methyl sites for hydroxylation is 1. The average molecular weight is 270 g/mol. The van der Waals surface area contributed by atoms with E-state index in [2.05, 4.69) is 5.32 Å². The third-order valence-electron chi connectivity index (χ3n) is 2.81. The van der Waals surface area contributed by atoms with E-state index in [0.29, 0.717) is 5.02 Å². The van der Waals surface area contributed by atoms with Crippen LogP contribution in [0.15, 0.2) is 18.2 Å². The molecule has 2 N–H and O–H groups in total. The highest BCUT2D eigenvalue weighted by atomic mass is 35.5. The summed E-state index contributed by atoms with van der Waals surface area (Å²) in [4.78, 5) is 22.3. The Labute approximate surface area is 111 Å². The number of nitrogens with one attached hydrogen (secondary N) is 1. The quantitative estimate of drug-likeness (QED) is 0.862. The second-order valence-electron chi connectivity index (χ2n) is 4.17. The number of hydrogen-bond acceptors (Lipinski definition) is 2. The maximum absolute atomic E-state index is 11.4. The molecule has 0 aliphatic rings. The Bertz CT molecular complexity index is 460. The fourth-order valence-corrected chi connectivity index (χ4v) is 2.06. The fraction of sp³-hybridized carbons (Fsp3) is 0.385. The van der Waals surface area contributed by atoms with Crippen molar-refractivity contribution < 1.29 is 14.7 Å². The lowest BCUT2D eigenvalue weighted by Crippen LogP contribution is -2.22. The van der Waals surface area contributed by atoms with Gasteiger partial charge >= 0.3 is 5.97 Å². The Morgan fingerprint density at radius 1 is 1.39 bits per heavy atom. The highest BCUT2D eigenvalue weighted by Crippen LogP contribution is 2.28. The molecule has 0 aliphatic carbocycles. The van der Waals surface area contributed by atoms with Crippen LogP contribution in [0.25, 0.3) is 0 Å². The molecular formula is C13H16ClNO3. The van der Waals surface area contributed by atoms with Gasteiger partial charge in [-0.15, -0.1) is 0 Å². The minimum Gasteiger partial charge on any atom is -0.481 e. The van der Waals surface area contributed by atoms with Crippen molar-refractivity contribution in [2.75, 3.05) is 7.05 Å². The van der Waals surface area contributed by atoms with E-state index in [1.807, 2.05) is 13.0 Å². The number of aliphatic carboxylic acids is 1. The first-order valence-electron chi connectivity index (χ1n) is 5.62. The van der Waals surface area contributed by atoms with Gasteiger partial charge in [0, 0.05) is 24.4 Å². The van der Waals surface area contributed by atoms with E-state index in [9.17, 15) is 9.59 Å². The minimum atomic E-state index is -0.928. The van der Waals surface area contributed by atoms with Crippen molar-refractivity contribution in [1.29, 1.82) is 0 Å². The van der Waals surface area contributed by atoms with Crippen molar-refractivity contribution in [3.8, 4) is 0 Å². The van der Waals surface area contributed by atoms with Crippen LogP contribution >= 0.6 is 11.6 Å². The fourth-order valence-electron chi connectivity index (χ4n) is 1.88. The summed E-state index contributed by atoms with van der Waals surface area (Å²) in [5.41, 5.74) is 1.75. The predicted molar refractivity (Wildman–Crippen MR) is 69.9 cm³/mol. The van der Waals surface area contributed by atoms with E-state index in [4.69, 9.17) is 16.7 Å². The van der Waals surface area contributed by atoms with Crippen LogP contribution in [0.1, 0.15) is 29.9 Å². The molecule has 0 fully saturated rings. The van der Waals surface area contributed by atoms with Crippen molar-refractivity contribution in [3.05, 3.63) is 34.3 Å². The molecular weight excluding hydrogens is 254 g/mol. The van der Waals surface area contributed by atoms with Crippen LogP contribution < -0.4 is 5.32 Å². The number of benzene rings is 1. The summed E-state index contributed by atoms with van der Waals surface area (Å²) in [5.74, 6) is -1.47. The van der Waals surface area contributed by atoms with E-state index < -0.39 is 5.97 Å². The number of carbonyl (C=O) groups excluding carboxylic acids is 1. The first kappa shape index (κ1) is 14.5. The van der Waals surface area contributed by atoms with Crippen LogP contribution in [0.5, 0.6) is 0 Å². The summed E-state index contributed by atoms with van der Waals surface area (Å²) in [6.45, 7) is 1.88. The molecule has 0 spiro atoms. The largest absolute Gasteiger partial charge is 0.481 e. The number of carboxylic acid groups (broad SMARTS) is 1. The molecule has 0 bridgehead atoms. The van der Waals surface area contributed by atoms with Gasteiger partial charge < -0.3 is 10.4 Å². The molecule has 1 aromatic carbocycles. The minimum absolute atomic E-state index is 0.0887. The third kappa shape index (κ3) is 4.04. The van der Waals surface area contributed by atoms with Gasteiger partial charge in [0.1, 0.15) is 0 Å². The van der Waals surface area contributed by atoms with Crippen molar-refractivity contribution in [2.45, 2.75) is 25.7 Å². The van der Waals surface area contributed by atoms with Gasteiger partial charge in [-0.3, -0.25) is 9.59 Å². The molecule has 1 rings (SSSR count). The van der Waals surface area contributed by atoms with Crippen LogP contribution in [0.3, 0.4) is 0 Å². The second kappa shape index (κ2) is 6.40. The van der Waals surface area contributed by atoms with Crippen LogP contribution in [-0.4, -0.2) is 24.0 Å². The number of hydrogen-bond donors (Lipinski definition) is 2. The van der Waals surface area contributed by atoms with E-state index in [1.54, 1.807) is 12.1 Å². The van der Waals surface area contributed by atoms with Gasteiger partial charge in [-0.2, -0.15) is 0 Å². The van der Waals surface area contributed by atoms with Crippen molar-refractivity contribution in [2.24, 2.45) is 0 Å². The maximum atomic E-state index is 11.4. The molecule has 0 radical (unpaired) electrons. The van der Waals surface area contributed by atoms with E-state index in [-0.39, 0.29) is 24.7 Å². The average Bonchev–Trinajstić information content (AvgIpc) is 2.30. The van der Waals surface area contributed by atoms with Gasteiger partial charge in [0.15, 0.2) is 0 Å². The molecule has 0 saturated heterocycles. The van der Waals surface area contributed by atoms with Crippen molar-refractivity contribution in [3.63, 3.8) is 0 Å². The van der Waals surface area contributed by atoms with E-state index in [0.717, 1.165) is 11.1 Å². The molecule has 1 atom stereocenters. The Morgan fingerprint density at radius 2 is 2.06 bits per heavy atom. The molecule has 0 aromatic heterocycles. The van der Waals surface area contributed by atoms with Gasteiger partial charge in [0.05, 0.1) is 6.42 Å². The Balaban J connectivity index is 3.04. The molecule has 0 saturated carbocycles. The molecule has 1 aromatic rings. The molecule has 0 aliphatic heterocycles. The Morgan fingerprint density at radius 3 is 2.61 bits per heavy atom. The van der Waals surface area contributed by atoms with Crippen LogP contribution in [-0.2, 0) is 9.59 Å². The molecule has 1 amide bonds. The third-order valence-corrected chi connectivity index (χ3v) is 3.05. The zero-order chi connectivity index (χ0) is 13.7. The monoisotopic (exact) mass is 269 g/mol. The van der Waals surface area contributed by atoms with Crippen LogP contribution in [0, 0.1) is 6.92 Å². The van der Waals surface area contributed by atoms with Gasteiger partial charge in [-0.05, 0) is 30.2 Å². The zero-order valence-corrected chi connectivity index (χ0v) is 11.1. The summed E-state index contributed by atoms with van der Waals surface area (Å²) in [6.07, 6.45) is 0.0542. The lowest BCUT2D eigenvalue weighted by Gasteiger charge is -2.17. The first-order valence-corrected chi connectivity index (χ1v) is 6.00. The lowest BCUT2D eigenvalue weighted by atomic mass is 9.89. The van der Waals surface area contributed by atoms with E-state index in [1.165, 1.54) is 7.05 Å². The Kier molecular flexibility index (Phi) is 5.16. The summed E-state index contributed by atoms with van der Waals surface area (Å²) in [6, 6.07) is 5.31. The van der Waals surface area contributed by atoms with E-state index >= 15 is 0 Å². The standard InChI is InChI=1S/C13H16ClNO3/c1-8-3-4-10(14)7-11(8)9(6-13(17)18)5-12(16)15-2/h3-4,7,9H,5-6H2,1-2H3,(H,15,16)(H,17,18). The number of rotatable bonds is 5. The maximum Gasteiger partial charge on any atom is 0.303 e. The highest BCUT2D eigenvalue weighted by molar-refractivity contribution is 6.30. The second-order valence-corrected chi connectivity index (χ2v) is 4.61. The molecule has 5 heteroatoms. The summed E-state index contributed by atoms with van der Waals surface area (Å²) >= 11 is 5.92. The molecule has 98 valence electrons. The lowest BCUT2D eigenvalue weighted by molar-refractivity contribution is -0.137. The molecule has 1 unspecified atom stereocenters. The smallest absolute Gasteiger partial charge is 0.303 e. The zero-order valence-electron chi connectivity index (χ0n) is 10.4. The SMILES string of the molecule is CNC(=O)CC(CC(=O)O)c1cc(Cl)ccc1C. The first-order chi connectivity index (χ1) is 8.43. The molecule has 0 heterocycles. The highest BCUT2D eigenvalue weighted by Gasteiger charge is 2.20. The van der Waals surface area contributed by atoms with Gasteiger partial charge in [-0.1, -0.05) is 17.7 Å².